The van der Waals surface area contributed by atoms with Gasteiger partial charge in [0.25, 0.3) is 11.5 Å². The molecule has 0 bridgehead atoms. The van der Waals surface area contributed by atoms with Crippen molar-refractivity contribution in [2.45, 2.75) is 6.92 Å². The Hall–Kier alpha value is -3.30. The molecule has 0 atom stereocenters. The molecule has 0 spiro atoms. The van der Waals surface area contributed by atoms with Crippen molar-refractivity contribution in [2.24, 2.45) is 5.10 Å². The number of benzene rings is 3. The summed E-state index contributed by atoms with van der Waals surface area (Å²) in [5, 5.41) is 7.58. The third-order valence-corrected chi connectivity index (χ3v) is 5.66. The highest BCUT2D eigenvalue weighted by Crippen LogP contribution is 2.22. The summed E-state index contributed by atoms with van der Waals surface area (Å²) in [6, 6.07) is 19.8. The number of para-hydroxylation sites is 1. The monoisotopic (exact) mass is 568 g/mol. The van der Waals surface area contributed by atoms with E-state index in [4.69, 9.17) is 4.74 Å². The van der Waals surface area contributed by atoms with Crippen LogP contribution in [0.1, 0.15) is 11.4 Å². The molecule has 3 aromatic carbocycles. The number of rotatable bonds is 6. The highest BCUT2D eigenvalue weighted by molar-refractivity contribution is 9.10. The molecule has 0 saturated heterocycles. The van der Waals surface area contributed by atoms with Crippen LogP contribution in [0, 0.1) is 6.92 Å². The summed E-state index contributed by atoms with van der Waals surface area (Å²) >= 11 is 6.82. The molecular formula is C24H18Br2N4O3. The van der Waals surface area contributed by atoms with Crippen molar-refractivity contribution in [3.05, 3.63) is 97.4 Å². The summed E-state index contributed by atoms with van der Waals surface area (Å²) in [4.78, 5) is 29.7. The van der Waals surface area contributed by atoms with Crippen LogP contribution < -0.4 is 15.6 Å². The molecule has 4 rings (SSSR count). The van der Waals surface area contributed by atoms with Gasteiger partial charge in [-0.25, -0.2) is 4.98 Å². The molecule has 1 amide bonds. The zero-order chi connectivity index (χ0) is 23.4. The zero-order valence-corrected chi connectivity index (χ0v) is 20.6. The zero-order valence-electron chi connectivity index (χ0n) is 17.5. The molecule has 0 radical (unpaired) electrons. The van der Waals surface area contributed by atoms with Gasteiger partial charge in [-0.05, 0) is 55.5 Å². The number of nitrogens with one attached hydrogen (secondary N) is 1. The van der Waals surface area contributed by atoms with E-state index < -0.39 is 0 Å². The summed E-state index contributed by atoms with van der Waals surface area (Å²) in [6.07, 6.45) is 1.51. The number of carbonyl (C=O) groups is 1. The maximum absolute atomic E-state index is 13.0. The lowest BCUT2D eigenvalue weighted by atomic mass is 10.2. The number of fused-ring (bicyclic) bond motifs is 1. The Balaban J connectivity index is 1.58. The van der Waals surface area contributed by atoms with Gasteiger partial charge in [-0.3, -0.25) is 9.59 Å². The van der Waals surface area contributed by atoms with Crippen LogP contribution in [-0.2, 0) is 4.79 Å². The number of amides is 1. The Morgan fingerprint density at radius 3 is 2.61 bits per heavy atom. The number of aryl methyl sites for hydroxylation is 1. The number of carbonyl (C=O) groups excluding carboxylic acids is 1. The Morgan fingerprint density at radius 1 is 1.09 bits per heavy atom. The smallest absolute Gasteiger partial charge is 0.282 e. The molecule has 33 heavy (non-hydrogen) atoms. The van der Waals surface area contributed by atoms with Gasteiger partial charge in [0.15, 0.2) is 6.61 Å². The van der Waals surface area contributed by atoms with Gasteiger partial charge in [0, 0.05) is 20.2 Å². The van der Waals surface area contributed by atoms with E-state index in [9.17, 15) is 9.59 Å². The van der Waals surface area contributed by atoms with Gasteiger partial charge in [0.1, 0.15) is 11.6 Å². The lowest BCUT2D eigenvalue weighted by Gasteiger charge is -2.10. The third-order valence-electron chi connectivity index (χ3n) is 4.67. The van der Waals surface area contributed by atoms with E-state index in [0.717, 1.165) is 8.95 Å². The highest BCUT2D eigenvalue weighted by Gasteiger charge is 2.10. The van der Waals surface area contributed by atoms with Crippen LogP contribution >= 0.6 is 31.9 Å². The van der Waals surface area contributed by atoms with Crippen molar-refractivity contribution < 1.29 is 9.53 Å². The van der Waals surface area contributed by atoms with Gasteiger partial charge >= 0.3 is 0 Å². The van der Waals surface area contributed by atoms with Crippen LogP contribution in [0.15, 0.2) is 85.6 Å². The molecule has 1 heterocycles. The standard InChI is InChI=1S/C24H18Br2N4O3/c1-15-28-21-9-7-18(26)12-20(21)24(32)30(15)27-13-16-11-17(25)8-10-22(16)33-14-23(31)29-19-5-3-2-4-6-19/h2-13H,14H2,1H3,(H,29,31). The Bertz CT molecular complexity index is 1420. The van der Waals surface area contributed by atoms with Crippen molar-refractivity contribution in [3.8, 4) is 5.75 Å². The van der Waals surface area contributed by atoms with Gasteiger partial charge in [-0.15, -0.1) is 0 Å². The highest BCUT2D eigenvalue weighted by atomic mass is 79.9. The lowest BCUT2D eigenvalue weighted by Crippen LogP contribution is -2.21. The normalized spacial score (nSPS) is 11.1. The first-order valence-corrected chi connectivity index (χ1v) is 11.5. The molecule has 9 heteroatoms. The van der Waals surface area contributed by atoms with E-state index in [1.807, 2.05) is 24.3 Å². The second-order valence-corrected chi connectivity index (χ2v) is 8.90. The van der Waals surface area contributed by atoms with E-state index in [0.29, 0.717) is 33.7 Å². The van der Waals surface area contributed by atoms with Crippen molar-refractivity contribution in [3.63, 3.8) is 0 Å². The van der Waals surface area contributed by atoms with Crippen LogP contribution in [0.4, 0.5) is 5.69 Å². The van der Waals surface area contributed by atoms with Crippen LogP contribution in [0.2, 0.25) is 0 Å². The van der Waals surface area contributed by atoms with Crippen molar-refractivity contribution >= 4 is 60.6 Å². The number of halogens is 2. The molecule has 0 fully saturated rings. The van der Waals surface area contributed by atoms with Gasteiger partial charge in [-0.1, -0.05) is 50.1 Å². The average molecular weight is 570 g/mol. The largest absolute Gasteiger partial charge is 0.483 e. The van der Waals surface area contributed by atoms with E-state index in [1.165, 1.54) is 10.9 Å². The number of aromatic nitrogens is 2. The summed E-state index contributed by atoms with van der Waals surface area (Å²) in [5.41, 5.74) is 1.60. The van der Waals surface area contributed by atoms with E-state index in [1.54, 1.807) is 49.4 Å². The Morgan fingerprint density at radius 2 is 1.82 bits per heavy atom. The maximum atomic E-state index is 13.0. The molecule has 0 aliphatic rings. The SMILES string of the molecule is Cc1nc2ccc(Br)cc2c(=O)n1N=Cc1cc(Br)ccc1OCC(=O)Nc1ccccc1. The molecule has 0 unspecified atom stereocenters. The van der Waals surface area contributed by atoms with Crippen LogP contribution in [0.5, 0.6) is 5.75 Å². The van der Waals surface area contributed by atoms with Gasteiger partial charge < -0.3 is 10.1 Å². The Labute approximate surface area is 206 Å². The minimum absolute atomic E-state index is 0.179. The predicted octanol–water partition coefficient (Wildman–Crippen LogP) is 5.13. The molecule has 0 saturated carbocycles. The van der Waals surface area contributed by atoms with E-state index in [-0.39, 0.29) is 18.1 Å². The van der Waals surface area contributed by atoms with E-state index >= 15 is 0 Å². The number of ether oxygens (including phenoxy) is 1. The fourth-order valence-corrected chi connectivity index (χ4v) is 3.87. The number of hydrogen-bond donors (Lipinski definition) is 1. The molecule has 0 aliphatic carbocycles. The number of nitrogens with zero attached hydrogens (tertiary/aromatic N) is 3. The summed E-state index contributed by atoms with van der Waals surface area (Å²) in [7, 11) is 0. The second kappa shape index (κ2) is 10.1. The van der Waals surface area contributed by atoms with Gasteiger partial charge in [0.05, 0.1) is 17.1 Å². The van der Waals surface area contributed by atoms with E-state index in [2.05, 4.69) is 47.3 Å². The molecule has 1 N–H and O–H groups in total. The third kappa shape index (κ3) is 5.55. The van der Waals surface area contributed by atoms with Gasteiger partial charge in [0.2, 0.25) is 0 Å². The van der Waals surface area contributed by atoms with Crippen molar-refractivity contribution in [1.29, 1.82) is 0 Å². The molecule has 166 valence electrons. The van der Waals surface area contributed by atoms with Crippen molar-refractivity contribution in [1.82, 2.24) is 9.66 Å². The average Bonchev–Trinajstić information content (AvgIpc) is 2.79. The van der Waals surface area contributed by atoms with Crippen LogP contribution in [-0.4, -0.2) is 28.4 Å². The Kier molecular flexibility index (Phi) is 7.00. The molecule has 7 nitrogen and oxygen atoms in total. The molecule has 0 aliphatic heterocycles. The van der Waals surface area contributed by atoms with Gasteiger partial charge in [-0.2, -0.15) is 9.78 Å². The molecular weight excluding hydrogens is 552 g/mol. The molecule has 1 aromatic heterocycles. The maximum Gasteiger partial charge on any atom is 0.282 e. The fraction of sp³-hybridized carbons (Fsp3) is 0.0833. The first kappa shape index (κ1) is 22.9. The molecule has 4 aromatic rings. The second-order valence-electron chi connectivity index (χ2n) is 7.07. The summed E-state index contributed by atoms with van der Waals surface area (Å²) < 4.78 is 8.55. The van der Waals surface area contributed by atoms with Crippen molar-refractivity contribution in [2.75, 3.05) is 11.9 Å². The lowest BCUT2D eigenvalue weighted by molar-refractivity contribution is -0.118. The minimum Gasteiger partial charge on any atom is -0.483 e. The first-order valence-electron chi connectivity index (χ1n) is 9.91. The topological polar surface area (TPSA) is 85.6 Å². The number of hydrogen-bond acceptors (Lipinski definition) is 5. The summed E-state index contributed by atoms with van der Waals surface area (Å²) in [6.45, 7) is 1.54. The first-order chi connectivity index (χ1) is 15.9. The fourth-order valence-electron chi connectivity index (χ4n) is 3.13. The summed E-state index contributed by atoms with van der Waals surface area (Å²) in [5.74, 6) is 0.613. The number of anilines is 1. The quantitative estimate of drug-likeness (QED) is 0.326. The van der Waals surface area contributed by atoms with Crippen LogP contribution in [0.25, 0.3) is 10.9 Å². The van der Waals surface area contributed by atoms with Crippen LogP contribution in [0.3, 0.4) is 0 Å². The minimum atomic E-state index is -0.289. The predicted molar refractivity (Wildman–Crippen MR) is 136 cm³/mol.